The molecule has 0 aliphatic carbocycles. The molecule has 0 saturated heterocycles. The number of carbonyl (C=O) groups excluding carboxylic acids is 1. The van der Waals surface area contributed by atoms with Gasteiger partial charge in [-0.1, -0.05) is 64.9 Å². The Balaban J connectivity index is 1.76. The minimum atomic E-state index is -4.72. The van der Waals surface area contributed by atoms with Gasteiger partial charge < -0.3 is 9.36 Å². The third kappa shape index (κ3) is 5.25. The Morgan fingerprint density at radius 1 is 1.10 bits per heavy atom. The minimum Gasteiger partial charge on any atom is -0.398 e. The number of alkyl halides is 3. The summed E-state index contributed by atoms with van der Waals surface area (Å²) in [7, 11) is 2.66. The maximum atomic E-state index is 12.9. The molecule has 1 heterocycles. The van der Waals surface area contributed by atoms with E-state index in [1.165, 1.54) is 26.4 Å². The van der Waals surface area contributed by atoms with Crippen LogP contribution in [0, 0.1) is 0 Å². The number of halogens is 3. The molecule has 3 aromatic rings. The summed E-state index contributed by atoms with van der Waals surface area (Å²) < 4.78 is 42.1. The van der Waals surface area contributed by atoms with E-state index in [0.29, 0.717) is 16.7 Å². The zero-order valence-electron chi connectivity index (χ0n) is 16.5. The lowest BCUT2D eigenvalue weighted by molar-refractivity contribution is -0.171. The number of carbonyl (C=O) groups is 1. The van der Waals surface area contributed by atoms with Crippen LogP contribution in [-0.4, -0.2) is 41.0 Å². The molecule has 0 fully saturated rings. The van der Waals surface area contributed by atoms with Crippen molar-refractivity contribution in [1.29, 1.82) is 0 Å². The van der Waals surface area contributed by atoms with Gasteiger partial charge in [0.2, 0.25) is 5.82 Å². The Kier molecular flexibility index (Phi) is 6.65. The van der Waals surface area contributed by atoms with Crippen LogP contribution in [0.2, 0.25) is 0 Å². The van der Waals surface area contributed by atoms with Gasteiger partial charge in [0.05, 0.1) is 13.7 Å². The van der Waals surface area contributed by atoms with E-state index in [-0.39, 0.29) is 18.1 Å². The summed E-state index contributed by atoms with van der Waals surface area (Å²) in [5, 5.41) is 8.23. The molecule has 8 nitrogen and oxygen atoms in total. The number of amides is 1. The Morgan fingerprint density at radius 2 is 1.77 bits per heavy atom. The van der Waals surface area contributed by atoms with Gasteiger partial charge in [-0.25, -0.2) is 5.06 Å². The van der Waals surface area contributed by atoms with Gasteiger partial charge in [0, 0.05) is 11.1 Å². The Morgan fingerprint density at radius 3 is 2.32 bits per heavy atom. The molecule has 1 aromatic heterocycles. The summed E-state index contributed by atoms with van der Waals surface area (Å²) in [6, 6.07) is 15.0. The van der Waals surface area contributed by atoms with Crippen LogP contribution in [0.25, 0.3) is 11.4 Å². The number of aromatic nitrogens is 2. The molecule has 0 bridgehead atoms. The summed E-state index contributed by atoms with van der Waals surface area (Å²) in [6.07, 6.45) is -4.72. The highest BCUT2D eigenvalue weighted by Crippen LogP contribution is 2.29. The molecule has 0 unspecified atom stereocenters. The number of hydrogen-bond donors (Lipinski definition) is 0. The van der Waals surface area contributed by atoms with Crippen molar-refractivity contribution in [3.05, 3.63) is 71.6 Å². The lowest BCUT2D eigenvalue weighted by Gasteiger charge is -2.20. The first kappa shape index (κ1) is 22.0. The van der Waals surface area contributed by atoms with Crippen LogP contribution in [0.5, 0.6) is 0 Å². The predicted octanol–water partition coefficient (Wildman–Crippen LogP) is 3.70. The molecule has 11 heteroatoms. The third-order valence-electron chi connectivity index (χ3n) is 4.09. The highest BCUT2D eigenvalue weighted by atomic mass is 19.4. The zero-order valence-corrected chi connectivity index (χ0v) is 16.5. The average molecular weight is 434 g/mol. The van der Waals surface area contributed by atoms with E-state index in [9.17, 15) is 18.0 Å². The van der Waals surface area contributed by atoms with Gasteiger partial charge in [-0.15, -0.1) is 0 Å². The fraction of sp³-hybridized carbons (Fsp3) is 0.200. The second-order valence-electron chi connectivity index (χ2n) is 6.13. The standard InChI is InChI=1S/C20H17F3N4O4/c1-29-25-16(14-6-4-3-5-7-14)18(28)27(30-2)12-13-8-10-15(11-9-13)17-24-19(31-26-17)20(21,22)23/h3-11H,12H2,1-2H3. The fourth-order valence-electron chi connectivity index (χ4n) is 2.62. The van der Waals surface area contributed by atoms with Gasteiger partial charge in [-0.3, -0.25) is 9.63 Å². The van der Waals surface area contributed by atoms with Crippen molar-refractivity contribution in [2.45, 2.75) is 12.7 Å². The molecule has 0 saturated carbocycles. The van der Waals surface area contributed by atoms with Crippen LogP contribution < -0.4 is 0 Å². The molecule has 0 aliphatic rings. The number of benzene rings is 2. The van der Waals surface area contributed by atoms with E-state index in [4.69, 9.17) is 9.68 Å². The first-order chi connectivity index (χ1) is 14.8. The van der Waals surface area contributed by atoms with E-state index in [1.807, 2.05) is 0 Å². The molecular formula is C20H17F3N4O4. The first-order valence-corrected chi connectivity index (χ1v) is 8.86. The predicted molar refractivity (Wildman–Crippen MR) is 102 cm³/mol. The first-order valence-electron chi connectivity index (χ1n) is 8.86. The largest absolute Gasteiger partial charge is 0.471 e. The number of hydroxylamine groups is 2. The van der Waals surface area contributed by atoms with Crippen LogP contribution in [0.4, 0.5) is 13.2 Å². The molecule has 0 N–H and O–H groups in total. The topological polar surface area (TPSA) is 90.1 Å². The molecule has 0 spiro atoms. The van der Waals surface area contributed by atoms with Gasteiger partial charge in [-0.2, -0.15) is 18.2 Å². The number of oxime groups is 1. The van der Waals surface area contributed by atoms with Crippen molar-refractivity contribution in [2.75, 3.05) is 14.2 Å². The number of hydrogen-bond acceptors (Lipinski definition) is 7. The van der Waals surface area contributed by atoms with E-state index in [2.05, 4.69) is 19.8 Å². The molecule has 0 aliphatic heterocycles. The Hall–Kier alpha value is -3.73. The molecule has 31 heavy (non-hydrogen) atoms. The second kappa shape index (κ2) is 9.39. The second-order valence-corrected chi connectivity index (χ2v) is 6.13. The Labute approximate surface area is 174 Å². The molecule has 0 atom stereocenters. The molecule has 1 amide bonds. The third-order valence-corrected chi connectivity index (χ3v) is 4.09. The van der Waals surface area contributed by atoms with Gasteiger partial charge >= 0.3 is 12.1 Å². The highest BCUT2D eigenvalue weighted by molar-refractivity contribution is 6.44. The van der Waals surface area contributed by atoms with E-state index in [1.54, 1.807) is 42.5 Å². The molecule has 0 radical (unpaired) electrons. The van der Waals surface area contributed by atoms with Crippen molar-refractivity contribution in [3.8, 4) is 11.4 Å². The lowest BCUT2D eigenvalue weighted by atomic mass is 10.1. The van der Waals surface area contributed by atoms with Crippen molar-refractivity contribution < 1.29 is 32.2 Å². The van der Waals surface area contributed by atoms with Crippen molar-refractivity contribution in [3.63, 3.8) is 0 Å². The van der Waals surface area contributed by atoms with Crippen LogP contribution in [0.15, 0.2) is 64.3 Å². The smallest absolute Gasteiger partial charge is 0.398 e. The van der Waals surface area contributed by atoms with Gasteiger partial charge in [-0.05, 0) is 5.56 Å². The maximum absolute atomic E-state index is 12.9. The van der Waals surface area contributed by atoms with Crippen molar-refractivity contribution in [2.24, 2.45) is 5.16 Å². The number of rotatable bonds is 7. The van der Waals surface area contributed by atoms with E-state index < -0.39 is 18.0 Å². The molecule has 2 aromatic carbocycles. The van der Waals surface area contributed by atoms with E-state index in [0.717, 1.165) is 5.06 Å². The summed E-state index contributed by atoms with van der Waals surface area (Å²) in [4.78, 5) is 26.2. The molecule has 162 valence electrons. The Bertz CT molecular complexity index is 1050. The van der Waals surface area contributed by atoms with Crippen LogP contribution in [0.3, 0.4) is 0 Å². The van der Waals surface area contributed by atoms with Crippen molar-refractivity contribution in [1.82, 2.24) is 15.2 Å². The average Bonchev–Trinajstić information content (AvgIpc) is 3.27. The SMILES string of the molecule is CON=C(C(=O)N(Cc1ccc(-c2noc(C(F)(F)F)n2)cc1)OC)c1ccccc1. The highest BCUT2D eigenvalue weighted by Gasteiger charge is 2.38. The summed E-state index contributed by atoms with van der Waals surface area (Å²) in [6.45, 7) is 0.0469. The molecular weight excluding hydrogens is 417 g/mol. The van der Waals surface area contributed by atoms with Crippen LogP contribution in [0.1, 0.15) is 17.0 Å². The normalized spacial score (nSPS) is 12.0. The van der Waals surface area contributed by atoms with Crippen molar-refractivity contribution >= 4 is 11.6 Å². The van der Waals surface area contributed by atoms with Gasteiger partial charge in [0.1, 0.15) is 7.11 Å². The number of nitrogens with zero attached hydrogens (tertiary/aromatic N) is 4. The quantitative estimate of drug-likeness (QED) is 0.416. The summed E-state index contributed by atoms with van der Waals surface area (Å²) >= 11 is 0. The monoisotopic (exact) mass is 434 g/mol. The minimum absolute atomic E-state index is 0.0469. The lowest BCUT2D eigenvalue weighted by Crippen LogP contribution is -2.36. The fourth-order valence-corrected chi connectivity index (χ4v) is 2.62. The van der Waals surface area contributed by atoms with Gasteiger partial charge in [0.25, 0.3) is 5.91 Å². The summed E-state index contributed by atoms with van der Waals surface area (Å²) in [5.41, 5.74) is 1.56. The van der Waals surface area contributed by atoms with Crippen LogP contribution in [-0.2, 0) is 27.2 Å². The summed E-state index contributed by atoms with van der Waals surface area (Å²) in [5.74, 6) is -2.15. The van der Waals surface area contributed by atoms with Crippen LogP contribution >= 0.6 is 0 Å². The van der Waals surface area contributed by atoms with E-state index >= 15 is 0 Å². The zero-order chi connectivity index (χ0) is 22.4. The molecule has 3 rings (SSSR count). The maximum Gasteiger partial charge on any atom is 0.471 e. The van der Waals surface area contributed by atoms with Gasteiger partial charge in [0.15, 0.2) is 5.71 Å².